The Bertz CT molecular complexity index is 888. The Morgan fingerprint density at radius 1 is 1.33 bits per heavy atom. The van der Waals surface area contributed by atoms with Gasteiger partial charge >= 0.3 is 12.1 Å². The summed E-state index contributed by atoms with van der Waals surface area (Å²) in [5.74, 6) is -3.45. The van der Waals surface area contributed by atoms with E-state index in [0.29, 0.717) is 18.5 Å². The standard InChI is InChI=1S/C18H23F3N2O6S/c1-12-10-14(2-3-15(12)24)30(27,28)11-13-4-6-23(16(13)25)7-9-29-8-5-22-17(26)18(19,20)21/h2-3,10,13,24H,4-9,11H2,1H3,(H,22,26)/t13-/m1/s1. The molecule has 1 aromatic carbocycles. The summed E-state index contributed by atoms with van der Waals surface area (Å²) in [5.41, 5.74) is 0.416. The Morgan fingerprint density at radius 3 is 2.67 bits per heavy atom. The van der Waals surface area contributed by atoms with Gasteiger partial charge in [0.25, 0.3) is 0 Å². The molecule has 2 rings (SSSR count). The molecule has 1 aromatic rings. The predicted molar refractivity (Wildman–Crippen MR) is 99.5 cm³/mol. The zero-order chi connectivity index (χ0) is 22.5. The molecule has 0 saturated carbocycles. The number of nitrogens with zero attached hydrogens (tertiary/aromatic N) is 1. The number of benzene rings is 1. The lowest BCUT2D eigenvalue weighted by atomic mass is 10.1. The predicted octanol–water partition coefficient (Wildman–Crippen LogP) is 1.02. The Kier molecular flexibility index (Phi) is 7.70. The van der Waals surface area contributed by atoms with Gasteiger partial charge in [-0.1, -0.05) is 0 Å². The highest BCUT2D eigenvalue weighted by atomic mass is 32.2. The third-order valence-corrected chi connectivity index (χ3v) is 6.46. The highest BCUT2D eigenvalue weighted by Crippen LogP contribution is 2.26. The maximum atomic E-state index is 12.6. The van der Waals surface area contributed by atoms with Crippen LogP contribution in [0.15, 0.2) is 23.1 Å². The number of hydrogen-bond acceptors (Lipinski definition) is 6. The summed E-state index contributed by atoms with van der Waals surface area (Å²) >= 11 is 0. The minimum absolute atomic E-state index is 0.0185. The van der Waals surface area contributed by atoms with Crippen LogP contribution in [0.1, 0.15) is 12.0 Å². The number of carbonyl (C=O) groups excluding carboxylic acids is 2. The van der Waals surface area contributed by atoms with Crippen LogP contribution in [0.2, 0.25) is 0 Å². The van der Waals surface area contributed by atoms with Crippen molar-refractivity contribution in [2.45, 2.75) is 24.4 Å². The molecule has 0 unspecified atom stereocenters. The molecule has 168 valence electrons. The fraction of sp³-hybridized carbons (Fsp3) is 0.556. The SMILES string of the molecule is Cc1cc(S(=O)(=O)C[C@H]2CCN(CCOCCNC(=O)C(F)(F)F)C2=O)ccc1O. The number of amides is 2. The van der Waals surface area contributed by atoms with E-state index in [4.69, 9.17) is 4.74 Å². The molecule has 0 aliphatic carbocycles. The van der Waals surface area contributed by atoms with E-state index in [1.54, 1.807) is 12.2 Å². The van der Waals surface area contributed by atoms with E-state index in [0.717, 1.165) is 0 Å². The van der Waals surface area contributed by atoms with Crippen LogP contribution < -0.4 is 5.32 Å². The van der Waals surface area contributed by atoms with Crippen molar-refractivity contribution >= 4 is 21.7 Å². The molecule has 1 saturated heterocycles. The summed E-state index contributed by atoms with van der Waals surface area (Å²) < 4.78 is 66.3. The first kappa shape index (κ1) is 23.9. The fourth-order valence-electron chi connectivity index (χ4n) is 2.98. The molecular formula is C18H23F3N2O6S. The lowest BCUT2D eigenvalue weighted by Crippen LogP contribution is -2.38. The number of halogens is 3. The van der Waals surface area contributed by atoms with Crippen LogP contribution in [0, 0.1) is 12.8 Å². The lowest BCUT2D eigenvalue weighted by Gasteiger charge is -2.17. The van der Waals surface area contributed by atoms with Gasteiger partial charge in [-0.2, -0.15) is 13.2 Å². The second kappa shape index (κ2) is 9.65. The van der Waals surface area contributed by atoms with Crippen molar-refractivity contribution in [2.75, 3.05) is 38.6 Å². The Morgan fingerprint density at radius 2 is 2.03 bits per heavy atom. The Hall–Kier alpha value is -2.34. The molecule has 0 spiro atoms. The number of nitrogens with one attached hydrogen (secondary N) is 1. The van der Waals surface area contributed by atoms with E-state index in [1.165, 1.54) is 23.1 Å². The second-order valence-electron chi connectivity index (χ2n) is 6.91. The van der Waals surface area contributed by atoms with Crippen LogP contribution in [0.4, 0.5) is 13.2 Å². The Balaban J connectivity index is 1.76. The summed E-state index contributed by atoms with van der Waals surface area (Å²) in [7, 11) is -3.71. The van der Waals surface area contributed by atoms with Crippen LogP contribution in [-0.4, -0.2) is 75.0 Å². The number of sulfone groups is 1. The first-order valence-electron chi connectivity index (χ1n) is 9.16. The van der Waals surface area contributed by atoms with Crippen molar-refractivity contribution in [1.82, 2.24) is 10.2 Å². The van der Waals surface area contributed by atoms with E-state index in [1.807, 2.05) is 0 Å². The molecule has 0 radical (unpaired) electrons. The van der Waals surface area contributed by atoms with Gasteiger partial charge in [0.05, 0.1) is 29.8 Å². The Labute approximate surface area is 171 Å². The molecule has 1 aliphatic heterocycles. The van der Waals surface area contributed by atoms with Crippen molar-refractivity contribution in [3.05, 3.63) is 23.8 Å². The number of aryl methyl sites for hydroxylation is 1. The van der Waals surface area contributed by atoms with Gasteiger partial charge < -0.3 is 20.1 Å². The average Bonchev–Trinajstić information content (AvgIpc) is 2.98. The highest BCUT2D eigenvalue weighted by molar-refractivity contribution is 7.91. The molecule has 8 nitrogen and oxygen atoms in total. The summed E-state index contributed by atoms with van der Waals surface area (Å²) in [6, 6.07) is 3.94. The number of carbonyl (C=O) groups is 2. The molecule has 30 heavy (non-hydrogen) atoms. The van der Waals surface area contributed by atoms with Gasteiger partial charge in [-0.15, -0.1) is 0 Å². The largest absolute Gasteiger partial charge is 0.508 e. The van der Waals surface area contributed by atoms with E-state index in [9.17, 15) is 36.3 Å². The quantitative estimate of drug-likeness (QED) is 0.541. The minimum atomic E-state index is -4.95. The van der Waals surface area contributed by atoms with Gasteiger partial charge in [-0.25, -0.2) is 8.42 Å². The fourth-order valence-corrected chi connectivity index (χ4v) is 4.64. The van der Waals surface area contributed by atoms with E-state index in [2.05, 4.69) is 0 Å². The van der Waals surface area contributed by atoms with Crippen LogP contribution in [0.3, 0.4) is 0 Å². The number of rotatable bonds is 9. The molecule has 0 bridgehead atoms. The van der Waals surface area contributed by atoms with Crippen LogP contribution >= 0.6 is 0 Å². The molecule has 0 aromatic heterocycles. The van der Waals surface area contributed by atoms with Crippen LogP contribution in [-0.2, 0) is 24.2 Å². The van der Waals surface area contributed by atoms with Gasteiger partial charge in [-0.3, -0.25) is 9.59 Å². The van der Waals surface area contributed by atoms with Gasteiger partial charge in [0.1, 0.15) is 5.75 Å². The molecular weight excluding hydrogens is 429 g/mol. The normalized spacial score (nSPS) is 17.4. The molecule has 12 heteroatoms. The second-order valence-corrected chi connectivity index (χ2v) is 8.94. The van der Waals surface area contributed by atoms with E-state index >= 15 is 0 Å². The number of phenolic OH excluding ortho intramolecular Hbond substituents is 1. The average molecular weight is 452 g/mol. The summed E-state index contributed by atoms with van der Waals surface area (Å²) in [6.45, 7) is 1.67. The zero-order valence-corrected chi connectivity index (χ0v) is 17.1. The first-order valence-corrected chi connectivity index (χ1v) is 10.8. The van der Waals surface area contributed by atoms with E-state index < -0.39 is 27.8 Å². The van der Waals surface area contributed by atoms with Crippen LogP contribution in [0.5, 0.6) is 5.75 Å². The van der Waals surface area contributed by atoms with Gasteiger partial charge in [0.2, 0.25) is 5.91 Å². The number of phenols is 1. The van der Waals surface area contributed by atoms with E-state index in [-0.39, 0.29) is 48.6 Å². The van der Waals surface area contributed by atoms with Crippen LogP contribution in [0.25, 0.3) is 0 Å². The third-order valence-electron chi connectivity index (χ3n) is 4.65. The molecule has 1 fully saturated rings. The summed E-state index contributed by atoms with van der Waals surface area (Å²) in [6.07, 6.45) is -4.59. The number of aromatic hydroxyl groups is 1. The number of ether oxygens (including phenoxy) is 1. The molecule has 1 aliphatic rings. The first-order chi connectivity index (χ1) is 13.9. The van der Waals surface area contributed by atoms with Crippen molar-refractivity contribution in [2.24, 2.45) is 5.92 Å². The lowest BCUT2D eigenvalue weighted by molar-refractivity contribution is -0.173. The smallest absolute Gasteiger partial charge is 0.471 e. The maximum absolute atomic E-state index is 12.6. The summed E-state index contributed by atoms with van der Waals surface area (Å²) in [4.78, 5) is 24.5. The third kappa shape index (κ3) is 6.33. The highest BCUT2D eigenvalue weighted by Gasteiger charge is 2.38. The number of alkyl halides is 3. The topological polar surface area (TPSA) is 113 Å². The van der Waals surface area contributed by atoms with Crippen molar-refractivity contribution in [3.63, 3.8) is 0 Å². The van der Waals surface area contributed by atoms with Gasteiger partial charge in [-0.05, 0) is 37.1 Å². The van der Waals surface area contributed by atoms with Gasteiger partial charge in [0, 0.05) is 19.6 Å². The number of hydrogen-bond donors (Lipinski definition) is 2. The number of likely N-dealkylation sites (tertiary alicyclic amines) is 1. The molecule has 1 heterocycles. The molecule has 1 atom stereocenters. The monoisotopic (exact) mass is 452 g/mol. The zero-order valence-electron chi connectivity index (χ0n) is 16.2. The molecule has 2 N–H and O–H groups in total. The van der Waals surface area contributed by atoms with Gasteiger partial charge in [0.15, 0.2) is 9.84 Å². The minimum Gasteiger partial charge on any atom is -0.508 e. The summed E-state index contributed by atoms with van der Waals surface area (Å²) in [5, 5.41) is 11.2. The maximum Gasteiger partial charge on any atom is 0.471 e. The molecule has 2 amide bonds. The van der Waals surface area contributed by atoms with Crippen molar-refractivity contribution in [3.8, 4) is 5.75 Å². The van der Waals surface area contributed by atoms with Crippen molar-refractivity contribution < 1.29 is 41.0 Å². The van der Waals surface area contributed by atoms with Crippen molar-refractivity contribution in [1.29, 1.82) is 0 Å².